The van der Waals surface area contributed by atoms with Gasteiger partial charge in [-0.25, -0.2) is 0 Å². The standard InChI is InChI=1S/C15H16F3NO/c16-15(17,18)9-2-3-10-11(6-9)20-12-7-14(4-1-5-14)8-19-13(10)12/h2-3,6,12-13,19H,1,4-5,7-8H2/t12?,13-/m0/s1. The zero-order chi connectivity index (χ0) is 14.0. The van der Waals surface area contributed by atoms with Gasteiger partial charge in [0, 0.05) is 12.1 Å². The summed E-state index contributed by atoms with van der Waals surface area (Å²) in [5.41, 5.74) is 0.571. The van der Waals surface area contributed by atoms with E-state index >= 15 is 0 Å². The summed E-state index contributed by atoms with van der Waals surface area (Å²) in [6.45, 7) is 0.956. The first-order valence-electron chi connectivity index (χ1n) is 7.08. The molecule has 2 nitrogen and oxygen atoms in total. The Balaban J connectivity index is 1.63. The lowest BCUT2D eigenvalue weighted by Crippen LogP contribution is -2.51. The van der Waals surface area contributed by atoms with E-state index in [1.807, 2.05) is 0 Å². The van der Waals surface area contributed by atoms with E-state index < -0.39 is 11.7 Å². The molecule has 1 N–H and O–H groups in total. The van der Waals surface area contributed by atoms with Crippen LogP contribution in [0.2, 0.25) is 0 Å². The predicted octanol–water partition coefficient (Wildman–Crippen LogP) is 3.67. The number of benzene rings is 1. The molecule has 1 saturated carbocycles. The Morgan fingerprint density at radius 1 is 1.25 bits per heavy atom. The molecule has 2 heterocycles. The molecule has 1 aromatic carbocycles. The van der Waals surface area contributed by atoms with Gasteiger partial charge < -0.3 is 10.1 Å². The van der Waals surface area contributed by atoms with Gasteiger partial charge in [-0.15, -0.1) is 0 Å². The summed E-state index contributed by atoms with van der Waals surface area (Å²) in [5, 5.41) is 3.48. The maximum Gasteiger partial charge on any atom is 0.416 e. The quantitative estimate of drug-likeness (QED) is 0.784. The predicted molar refractivity (Wildman–Crippen MR) is 67.5 cm³/mol. The minimum Gasteiger partial charge on any atom is -0.488 e. The van der Waals surface area contributed by atoms with E-state index in [1.165, 1.54) is 19.3 Å². The van der Waals surface area contributed by atoms with E-state index in [-0.39, 0.29) is 12.1 Å². The lowest BCUT2D eigenvalue weighted by atomic mass is 9.63. The van der Waals surface area contributed by atoms with E-state index in [0.29, 0.717) is 11.2 Å². The smallest absolute Gasteiger partial charge is 0.416 e. The molecule has 3 aliphatic rings. The van der Waals surface area contributed by atoms with Crippen LogP contribution >= 0.6 is 0 Å². The molecule has 2 aliphatic heterocycles. The van der Waals surface area contributed by atoms with Crippen LogP contribution in [0, 0.1) is 5.41 Å². The van der Waals surface area contributed by atoms with Crippen LogP contribution in [-0.2, 0) is 6.18 Å². The summed E-state index contributed by atoms with van der Waals surface area (Å²) in [7, 11) is 0. The molecular formula is C15H16F3NO. The maximum absolute atomic E-state index is 12.7. The van der Waals surface area contributed by atoms with Crippen LogP contribution in [0.1, 0.15) is 42.9 Å². The highest BCUT2D eigenvalue weighted by Crippen LogP contribution is 2.52. The molecule has 1 aromatic rings. The minimum absolute atomic E-state index is 0.0115. The van der Waals surface area contributed by atoms with E-state index in [1.54, 1.807) is 6.07 Å². The Morgan fingerprint density at radius 2 is 2.05 bits per heavy atom. The van der Waals surface area contributed by atoms with Gasteiger partial charge in [-0.05, 0) is 36.8 Å². The summed E-state index contributed by atoms with van der Waals surface area (Å²) in [4.78, 5) is 0. The summed E-state index contributed by atoms with van der Waals surface area (Å²) in [5.74, 6) is 0.402. The van der Waals surface area contributed by atoms with Crippen LogP contribution in [0.4, 0.5) is 13.2 Å². The normalized spacial score (nSPS) is 30.4. The van der Waals surface area contributed by atoms with Crippen molar-refractivity contribution < 1.29 is 17.9 Å². The highest BCUT2D eigenvalue weighted by Gasteiger charge is 2.49. The van der Waals surface area contributed by atoms with Crippen molar-refractivity contribution in [3.63, 3.8) is 0 Å². The monoisotopic (exact) mass is 283 g/mol. The van der Waals surface area contributed by atoms with Crippen molar-refractivity contribution in [1.29, 1.82) is 0 Å². The second kappa shape index (κ2) is 3.91. The molecule has 20 heavy (non-hydrogen) atoms. The third-order valence-electron chi connectivity index (χ3n) is 5.07. The van der Waals surface area contributed by atoms with Crippen molar-refractivity contribution in [3.05, 3.63) is 29.3 Å². The van der Waals surface area contributed by atoms with Crippen LogP contribution in [0.15, 0.2) is 18.2 Å². The van der Waals surface area contributed by atoms with Crippen LogP contribution in [0.3, 0.4) is 0 Å². The van der Waals surface area contributed by atoms with Crippen LogP contribution in [0.5, 0.6) is 5.75 Å². The number of ether oxygens (including phenoxy) is 1. The molecule has 1 spiro atoms. The summed E-state index contributed by atoms with van der Waals surface area (Å²) >= 11 is 0. The van der Waals surface area contributed by atoms with E-state index in [2.05, 4.69) is 5.32 Å². The lowest BCUT2D eigenvalue weighted by Gasteiger charge is -2.48. The van der Waals surface area contributed by atoms with Gasteiger partial charge in [-0.1, -0.05) is 12.5 Å². The largest absolute Gasteiger partial charge is 0.488 e. The molecule has 108 valence electrons. The lowest BCUT2D eigenvalue weighted by molar-refractivity contribution is -0.137. The Morgan fingerprint density at radius 3 is 2.70 bits per heavy atom. The van der Waals surface area contributed by atoms with Gasteiger partial charge in [-0.3, -0.25) is 0 Å². The second-order valence-electron chi connectivity index (χ2n) is 6.32. The molecule has 0 bridgehead atoms. The number of fused-ring (bicyclic) bond motifs is 3. The third kappa shape index (κ3) is 1.75. The third-order valence-corrected chi connectivity index (χ3v) is 5.07. The van der Waals surface area contributed by atoms with Crippen LogP contribution in [0.25, 0.3) is 0 Å². The Kier molecular flexibility index (Phi) is 2.44. The van der Waals surface area contributed by atoms with Crippen LogP contribution < -0.4 is 10.1 Å². The Bertz CT molecular complexity index is 551. The van der Waals surface area contributed by atoms with E-state index in [9.17, 15) is 13.2 Å². The number of hydrogen-bond donors (Lipinski definition) is 1. The summed E-state index contributed by atoms with van der Waals surface area (Å²) < 4.78 is 44.0. The first-order chi connectivity index (χ1) is 9.47. The van der Waals surface area contributed by atoms with Gasteiger partial charge in [-0.2, -0.15) is 13.2 Å². The maximum atomic E-state index is 12.7. The van der Waals surface area contributed by atoms with Crippen molar-refractivity contribution in [2.24, 2.45) is 5.41 Å². The molecule has 2 atom stereocenters. The van der Waals surface area contributed by atoms with E-state index in [4.69, 9.17) is 4.74 Å². The van der Waals surface area contributed by atoms with Crippen LogP contribution in [-0.4, -0.2) is 12.6 Å². The average molecular weight is 283 g/mol. The van der Waals surface area contributed by atoms with Crippen molar-refractivity contribution in [3.8, 4) is 5.75 Å². The SMILES string of the molecule is FC(F)(F)c1ccc2c(c1)OC1CC3(CCC3)CN[C@@H]21. The van der Waals surface area contributed by atoms with Gasteiger partial charge >= 0.3 is 6.18 Å². The number of nitrogens with one attached hydrogen (secondary N) is 1. The molecular weight excluding hydrogens is 267 g/mol. The van der Waals surface area contributed by atoms with Gasteiger partial charge in [0.2, 0.25) is 0 Å². The van der Waals surface area contributed by atoms with E-state index in [0.717, 1.165) is 30.7 Å². The number of rotatable bonds is 0. The molecule has 0 radical (unpaired) electrons. The molecule has 0 aromatic heterocycles. The van der Waals surface area contributed by atoms with Gasteiger partial charge in [0.25, 0.3) is 0 Å². The average Bonchev–Trinajstić information content (AvgIpc) is 2.71. The van der Waals surface area contributed by atoms with Gasteiger partial charge in [0.05, 0.1) is 11.6 Å². The number of piperidine rings is 1. The molecule has 1 aliphatic carbocycles. The topological polar surface area (TPSA) is 21.3 Å². The summed E-state index contributed by atoms with van der Waals surface area (Å²) in [6, 6.07) is 3.91. The first-order valence-corrected chi connectivity index (χ1v) is 7.08. The molecule has 5 heteroatoms. The number of halogens is 3. The zero-order valence-electron chi connectivity index (χ0n) is 11.0. The van der Waals surface area contributed by atoms with Crippen molar-refractivity contribution in [2.45, 2.75) is 44.0 Å². The second-order valence-corrected chi connectivity index (χ2v) is 6.32. The Labute approximate surface area is 115 Å². The highest BCUT2D eigenvalue weighted by atomic mass is 19.4. The molecule has 4 rings (SSSR count). The number of hydrogen-bond acceptors (Lipinski definition) is 2. The van der Waals surface area contributed by atoms with Crippen molar-refractivity contribution >= 4 is 0 Å². The zero-order valence-corrected chi connectivity index (χ0v) is 11.0. The molecule has 1 saturated heterocycles. The van der Waals surface area contributed by atoms with Crippen molar-refractivity contribution in [2.75, 3.05) is 6.54 Å². The van der Waals surface area contributed by atoms with Crippen molar-refractivity contribution in [1.82, 2.24) is 5.32 Å². The fourth-order valence-electron chi connectivity index (χ4n) is 3.79. The minimum atomic E-state index is -4.31. The fraction of sp³-hybridized carbons (Fsp3) is 0.600. The number of alkyl halides is 3. The molecule has 2 fully saturated rings. The molecule has 1 unspecified atom stereocenters. The van der Waals surface area contributed by atoms with Gasteiger partial charge in [0.1, 0.15) is 11.9 Å². The first kappa shape index (κ1) is 12.5. The Hall–Kier alpha value is -1.23. The van der Waals surface area contributed by atoms with Gasteiger partial charge in [0.15, 0.2) is 0 Å². The highest BCUT2D eigenvalue weighted by molar-refractivity contribution is 5.45. The fourth-order valence-corrected chi connectivity index (χ4v) is 3.79. The molecule has 0 amide bonds. The summed E-state index contributed by atoms with van der Waals surface area (Å²) in [6.07, 6.45) is 0.301.